The Labute approximate surface area is 115 Å². The molecular formula is C14H14FN3O2. The molecule has 0 radical (unpaired) electrons. The van der Waals surface area contributed by atoms with Crippen molar-refractivity contribution in [2.75, 3.05) is 5.32 Å². The van der Waals surface area contributed by atoms with Crippen molar-refractivity contribution in [2.45, 2.75) is 6.92 Å². The molecule has 0 atom stereocenters. The van der Waals surface area contributed by atoms with Gasteiger partial charge in [-0.25, -0.2) is 4.39 Å². The second-order valence-electron chi connectivity index (χ2n) is 4.51. The molecule has 0 aliphatic rings. The summed E-state index contributed by atoms with van der Waals surface area (Å²) in [5, 5.41) is 2.63. The van der Waals surface area contributed by atoms with Crippen molar-refractivity contribution in [1.82, 2.24) is 4.57 Å². The molecule has 0 bridgehead atoms. The Hall–Kier alpha value is -2.63. The molecule has 0 fully saturated rings. The van der Waals surface area contributed by atoms with Crippen LogP contribution >= 0.6 is 0 Å². The van der Waals surface area contributed by atoms with Crippen molar-refractivity contribution in [3.63, 3.8) is 0 Å². The van der Waals surface area contributed by atoms with E-state index in [4.69, 9.17) is 5.73 Å². The number of nitrogens with two attached hydrogens (primary N) is 1. The molecule has 6 heteroatoms. The van der Waals surface area contributed by atoms with Gasteiger partial charge < -0.3 is 15.6 Å². The number of hydrogen-bond donors (Lipinski definition) is 2. The number of rotatable bonds is 3. The molecule has 0 saturated heterocycles. The van der Waals surface area contributed by atoms with Gasteiger partial charge in [0.1, 0.15) is 11.5 Å². The molecule has 3 N–H and O–H groups in total. The van der Waals surface area contributed by atoms with Crippen molar-refractivity contribution < 1.29 is 14.0 Å². The topological polar surface area (TPSA) is 77.1 Å². The lowest BCUT2D eigenvalue weighted by molar-refractivity contribution is 0.0990. The number of hydrogen-bond acceptors (Lipinski definition) is 2. The van der Waals surface area contributed by atoms with Crippen LogP contribution in [-0.2, 0) is 7.05 Å². The fourth-order valence-corrected chi connectivity index (χ4v) is 1.87. The summed E-state index contributed by atoms with van der Waals surface area (Å²) in [4.78, 5) is 23.1. The predicted octanol–water partition coefficient (Wildman–Crippen LogP) is 1.82. The molecular weight excluding hydrogens is 261 g/mol. The Bertz CT molecular complexity index is 692. The molecule has 0 aliphatic heterocycles. The molecule has 0 spiro atoms. The summed E-state index contributed by atoms with van der Waals surface area (Å²) >= 11 is 0. The first kappa shape index (κ1) is 13.8. The number of benzene rings is 1. The molecule has 1 heterocycles. The van der Waals surface area contributed by atoms with Crippen LogP contribution < -0.4 is 11.1 Å². The largest absolute Gasteiger partial charge is 0.364 e. The number of primary amides is 1. The Balaban J connectivity index is 2.21. The number of carbonyl (C=O) groups is 2. The summed E-state index contributed by atoms with van der Waals surface area (Å²) in [5.74, 6) is -1.32. The number of carbonyl (C=O) groups excluding carboxylic acids is 2. The summed E-state index contributed by atoms with van der Waals surface area (Å²) in [7, 11) is 1.65. The lowest BCUT2D eigenvalue weighted by Crippen LogP contribution is -2.14. The molecule has 2 rings (SSSR count). The average molecular weight is 275 g/mol. The molecule has 1 aromatic carbocycles. The highest BCUT2D eigenvalue weighted by molar-refractivity contribution is 6.05. The second kappa shape index (κ2) is 5.16. The molecule has 104 valence electrons. The monoisotopic (exact) mass is 275 g/mol. The van der Waals surface area contributed by atoms with E-state index >= 15 is 0 Å². The number of anilines is 1. The van der Waals surface area contributed by atoms with Gasteiger partial charge in [0.25, 0.3) is 11.8 Å². The van der Waals surface area contributed by atoms with Gasteiger partial charge in [0.05, 0.1) is 5.69 Å². The Kier molecular flexibility index (Phi) is 3.56. The maximum absolute atomic E-state index is 13.1. The van der Waals surface area contributed by atoms with E-state index in [0.29, 0.717) is 16.8 Å². The number of nitrogens with one attached hydrogen (secondary N) is 1. The van der Waals surface area contributed by atoms with E-state index in [1.54, 1.807) is 20.2 Å². The third kappa shape index (κ3) is 2.69. The first-order valence-corrected chi connectivity index (χ1v) is 5.92. The zero-order chi connectivity index (χ0) is 14.9. The summed E-state index contributed by atoms with van der Waals surface area (Å²) < 4.78 is 14.7. The highest BCUT2D eigenvalue weighted by atomic mass is 19.1. The van der Waals surface area contributed by atoms with E-state index in [2.05, 4.69) is 5.32 Å². The lowest BCUT2D eigenvalue weighted by Gasteiger charge is -2.04. The summed E-state index contributed by atoms with van der Waals surface area (Å²) in [5.41, 5.74) is 6.67. The van der Waals surface area contributed by atoms with E-state index in [1.165, 1.54) is 28.8 Å². The molecule has 1 aromatic heterocycles. The molecule has 5 nitrogen and oxygen atoms in total. The van der Waals surface area contributed by atoms with Crippen LogP contribution in [-0.4, -0.2) is 16.4 Å². The van der Waals surface area contributed by atoms with E-state index < -0.39 is 5.91 Å². The van der Waals surface area contributed by atoms with E-state index in [9.17, 15) is 14.0 Å². The van der Waals surface area contributed by atoms with Crippen LogP contribution in [0.25, 0.3) is 0 Å². The summed E-state index contributed by atoms with van der Waals surface area (Å²) in [6.45, 7) is 1.58. The number of aryl methyl sites for hydroxylation is 2. The van der Waals surface area contributed by atoms with Crippen LogP contribution in [0.15, 0.2) is 30.5 Å². The van der Waals surface area contributed by atoms with Gasteiger partial charge in [-0.05, 0) is 36.8 Å². The maximum Gasteiger partial charge on any atom is 0.265 e. The summed E-state index contributed by atoms with van der Waals surface area (Å²) in [6.07, 6.45) is 1.58. The summed E-state index contributed by atoms with van der Waals surface area (Å²) in [6, 6.07) is 5.58. The van der Waals surface area contributed by atoms with Crippen LogP contribution in [0.4, 0.5) is 10.1 Å². The van der Waals surface area contributed by atoms with Gasteiger partial charge >= 0.3 is 0 Å². The third-order valence-electron chi connectivity index (χ3n) is 2.94. The minimum Gasteiger partial charge on any atom is -0.364 e. The molecule has 0 unspecified atom stereocenters. The molecule has 0 aliphatic carbocycles. The molecule has 20 heavy (non-hydrogen) atoms. The van der Waals surface area contributed by atoms with Gasteiger partial charge in [-0.2, -0.15) is 0 Å². The molecule has 2 aromatic rings. The standard InChI is InChI=1S/C14H14FN3O2/c1-8-5-9(3-4-11(8)15)14(20)17-10-6-12(13(16)19)18(2)7-10/h3-7H,1-2H3,(H2,16,19)(H,17,20). The maximum atomic E-state index is 13.1. The predicted molar refractivity (Wildman–Crippen MR) is 73.0 cm³/mol. The van der Waals surface area contributed by atoms with Gasteiger partial charge in [-0.3, -0.25) is 9.59 Å². The van der Waals surface area contributed by atoms with Crippen molar-refractivity contribution in [3.05, 3.63) is 53.1 Å². The van der Waals surface area contributed by atoms with Crippen molar-refractivity contribution in [1.29, 1.82) is 0 Å². The second-order valence-corrected chi connectivity index (χ2v) is 4.51. The van der Waals surface area contributed by atoms with Crippen LogP contribution in [0.2, 0.25) is 0 Å². The zero-order valence-electron chi connectivity index (χ0n) is 11.1. The highest BCUT2D eigenvalue weighted by Gasteiger charge is 2.12. The zero-order valence-corrected chi connectivity index (χ0v) is 11.1. The first-order valence-electron chi connectivity index (χ1n) is 5.92. The van der Waals surface area contributed by atoms with Gasteiger partial charge in [-0.15, -0.1) is 0 Å². The number of halogens is 1. The number of nitrogens with zero attached hydrogens (tertiary/aromatic N) is 1. The third-order valence-corrected chi connectivity index (χ3v) is 2.94. The normalized spacial score (nSPS) is 10.3. The average Bonchev–Trinajstić information content (AvgIpc) is 2.73. The number of aromatic nitrogens is 1. The van der Waals surface area contributed by atoms with E-state index in [1.807, 2.05) is 0 Å². The van der Waals surface area contributed by atoms with E-state index in [-0.39, 0.29) is 17.4 Å². The van der Waals surface area contributed by atoms with Gasteiger partial charge in [0.2, 0.25) is 0 Å². The van der Waals surface area contributed by atoms with Gasteiger partial charge in [0.15, 0.2) is 0 Å². The fourth-order valence-electron chi connectivity index (χ4n) is 1.87. The molecule has 0 saturated carbocycles. The lowest BCUT2D eigenvalue weighted by atomic mass is 10.1. The minimum atomic E-state index is -0.578. The minimum absolute atomic E-state index is 0.288. The van der Waals surface area contributed by atoms with Crippen molar-refractivity contribution >= 4 is 17.5 Å². The number of amides is 2. The Morgan fingerprint density at radius 2 is 2.00 bits per heavy atom. The molecule has 2 amide bonds. The van der Waals surface area contributed by atoms with Crippen LogP contribution in [0.1, 0.15) is 26.4 Å². The first-order chi connectivity index (χ1) is 9.38. The van der Waals surface area contributed by atoms with Crippen LogP contribution in [0.5, 0.6) is 0 Å². The van der Waals surface area contributed by atoms with Crippen molar-refractivity contribution in [2.24, 2.45) is 12.8 Å². The fraction of sp³-hybridized carbons (Fsp3) is 0.143. The SMILES string of the molecule is Cc1cc(C(=O)Nc2cc(C(N)=O)n(C)c2)ccc1F. The van der Waals surface area contributed by atoms with Gasteiger partial charge in [0, 0.05) is 18.8 Å². The Morgan fingerprint density at radius 1 is 1.30 bits per heavy atom. The van der Waals surface area contributed by atoms with E-state index in [0.717, 1.165) is 0 Å². The quantitative estimate of drug-likeness (QED) is 0.896. The van der Waals surface area contributed by atoms with Crippen LogP contribution in [0, 0.1) is 12.7 Å². The highest BCUT2D eigenvalue weighted by Crippen LogP contribution is 2.15. The smallest absolute Gasteiger partial charge is 0.265 e. The van der Waals surface area contributed by atoms with Crippen LogP contribution in [0.3, 0.4) is 0 Å². The van der Waals surface area contributed by atoms with Gasteiger partial charge in [-0.1, -0.05) is 0 Å². The van der Waals surface area contributed by atoms with Crippen molar-refractivity contribution in [3.8, 4) is 0 Å². The Morgan fingerprint density at radius 3 is 2.55 bits per heavy atom.